The maximum Gasteiger partial charge on any atom is 0.143 e. The van der Waals surface area contributed by atoms with Crippen molar-refractivity contribution in [3.8, 4) is 5.75 Å². The maximum atomic E-state index is 6.12. The van der Waals surface area contributed by atoms with Crippen molar-refractivity contribution in [2.45, 2.75) is 6.61 Å². The predicted octanol–water partition coefficient (Wildman–Crippen LogP) is 1.36. The molecule has 27 heavy (non-hydrogen) atoms. The highest BCUT2D eigenvalue weighted by molar-refractivity contribution is 5.74. The predicted molar refractivity (Wildman–Crippen MR) is 104 cm³/mol. The highest BCUT2D eigenvalue weighted by atomic mass is 16.5. The SMILES string of the molecule is c1nc2c(c(N3CCOCC3)n1)COc1ccc(N3CCNCC3)cc1N2. The van der Waals surface area contributed by atoms with Crippen LogP contribution in [0.5, 0.6) is 5.75 Å². The summed E-state index contributed by atoms with van der Waals surface area (Å²) in [6.45, 7) is 7.63. The number of anilines is 4. The molecule has 0 radical (unpaired) electrons. The molecule has 0 amide bonds. The third-order valence-electron chi connectivity index (χ3n) is 5.30. The zero-order valence-corrected chi connectivity index (χ0v) is 15.3. The fourth-order valence-electron chi connectivity index (χ4n) is 3.83. The Balaban J connectivity index is 1.45. The molecule has 1 aromatic heterocycles. The van der Waals surface area contributed by atoms with Gasteiger partial charge >= 0.3 is 0 Å². The summed E-state index contributed by atoms with van der Waals surface area (Å²) in [5.41, 5.74) is 3.16. The molecular weight excluding hydrogens is 344 g/mol. The quantitative estimate of drug-likeness (QED) is 0.823. The van der Waals surface area contributed by atoms with Gasteiger partial charge in [0.1, 0.15) is 30.3 Å². The van der Waals surface area contributed by atoms with E-state index in [1.807, 2.05) is 6.07 Å². The van der Waals surface area contributed by atoms with Crippen molar-refractivity contribution >= 4 is 23.0 Å². The summed E-state index contributed by atoms with van der Waals surface area (Å²) in [6, 6.07) is 6.34. The minimum absolute atomic E-state index is 0.454. The molecule has 0 bridgehead atoms. The first-order valence-electron chi connectivity index (χ1n) is 9.54. The second-order valence-corrected chi connectivity index (χ2v) is 6.96. The Bertz CT molecular complexity index is 818. The molecule has 2 aromatic rings. The number of hydrogen-bond acceptors (Lipinski definition) is 8. The number of rotatable bonds is 2. The molecule has 0 aliphatic carbocycles. The van der Waals surface area contributed by atoms with Gasteiger partial charge in [0.25, 0.3) is 0 Å². The molecule has 5 rings (SSSR count). The van der Waals surface area contributed by atoms with E-state index >= 15 is 0 Å². The molecular formula is C19H24N6O2. The standard InChI is InChI=1S/C19H24N6O2/c1-2-17-16(11-14(1)24-5-3-20-4-6-24)23-18-15(12-27-17)19(22-13-21-18)25-7-9-26-10-8-25/h1-2,11,13,20H,3-10,12H2,(H,21,22,23). The molecule has 0 saturated carbocycles. The van der Waals surface area contributed by atoms with Gasteiger partial charge in [0, 0.05) is 45.0 Å². The Morgan fingerprint density at radius 2 is 1.81 bits per heavy atom. The van der Waals surface area contributed by atoms with E-state index < -0.39 is 0 Å². The number of benzene rings is 1. The first-order valence-corrected chi connectivity index (χ1v) is 9.54. The molecule has 142 valence electrons. The van der Waals surface area contributed by atoms with Gasteiger partial charge in [0.2, 0.25) is 0 Å². The van der Waals surface area contributed by atoms with Crippen LogP contribution >= 0.6 is 0 Å². The third-order valence-corrected chi connectivity index (χ3v) is 5.30. The number of hydrogen-bond donors (Lipinski definition) is 2. The second kappa shape index (κ2) is 7.21. The van der Waals surface area contributed by atoms with E-state index in [1.165, 1.54) is 5.69 Å². The Labute approximate surface area is 158 Å². The molecule has 3 aliphatic heterocycles. The van der Waals surface area contributed by atoms with Crippen LogP contribution in [0.2, 0.25) is 0 Å². The van der Waals surface area contributed by atoms with Gasteiger partial charge in [-0.1, -0.05) is 0 Å². The number of morpholine rings is 1. The van der Waals surface area contributed by atoms with E-state index in [9.17, 15) is 0 Å². The molecule has 2 N–H and O–H groups in total. The van der Waals surface area contributed by atoms with Crippen LogP contribution in [-0.4, -0.2) is 62.5 Å². The zero-order valence-electron chi connectivity index (χ0n) is 15.3. The smallest absolute Gasteiger partial charge is 0.143 e. The number of ether oxygens (including phenoxy) is 2. The van der Waals surface area contributed by atoms with Crippen molar-refractivity contribution in [1.29, 1.82) is 0 Å². The lowest BCUT2D eigenvalue weighted by Gasteiger charge is -2.30. The first-order chi connectivity index (χ1) is 13.4. The van der Waals surface area contributed by atoms with Crippen LogP contribution < -0.4 is 25.2 Å². The second-order valence-electron chi connectivity index (χ2n) is 6.96. The van der Waals surface area contributed by atoms with Crippen LogP contribution in [0, 0.1) is 0 Å². The summed E-state index contributed by atoms with van der Waals surface area (Å²) in [5, 5.41) is 6.88. The van der Waals surface area contributed by atoms with Crippen molar-refractivity contribution in [3.63, 3.8) is 0 Å². The maximum absolute atomic E-state index is 6.12. The van der Waals surface area contributed by atoms with Gasteiger partial charge in [0.05, 0.1) is 24.5 Å². The number of aromatic nitrogens is 2. The van der Waals surface area contributed by atoms with Crippen molar-refractivity contribution in [2.24, 2.45) is 0 Å². The summed E-state index contributed by atoms with van der Waals surface area (Å²) in [6.07, 6.45) is 1.63. The number of nitrogens with one attached hydrogen (secondary N) is 2. The minimum atomic E-state index is 0.454. The van der Waals surface area contributed by atoms with Gasteiger partial charge in [-0.05, 0) is 18.2 Å². The number of nitrogens with zero attached hydrogens (tertiary/aromatic N) is 4. The summed E-state index contributed by atoms with van der Waals surface area (Å²) in [5.74, 6) is 2.61. The third kappa shape index (κ3) is 3.26. The molecule has 3 aliphatic rings. The van der Waals surface area contributed by atoms with Crippen LogP contribution in [-0.2, 0) is 11.3 Å². The first kappa shape index (κ1) is 16.6. The Hall–Kier alpha value is -2.58. The highest BCUT2D eigenvalue weighted by Gasteiger charge is 2.24. The lowest BCUT2D eigenvalue weighted by molar-refractivity contribution is 0.122. The monoisotopic (exact) mass is 368 g/mol. The molecule has 8 nitrogen and oxygen atoms in total. The number of piperazine rings is 1. The fourth-order valence-corrected chi connectivity index (χ4v) is 3.83. The highest BCUT2D eigenvalue weighted by Crippen LogP contribution is 2.38. The molecule has 0 unspecified atom stereocenters. The van der Waals surface area contributed by atoms with Crippen LogP contribution in [0.4, 0.5) is 23.0 Å². The Morgan fingerprint density at radius 1 is 0.963 bits per heavy atom. The topological polar surface area (TPSA) is 74.8 Å². The normalized spacial score (nSPS) is 19.4. The molecule has 2 fully saturated rings. The van der Waals surface area contributed by atoms with Crippen molar-refractivity contribution < 1.29 is 9.47 Å². The van der Waals surface area contributed by atoms with Gasteiger partial charge in [-0.2, -0.15) is 0 Å². The van der Waals surface area contributed by atoms with Gasteiger partial charge in [-0.3, -0.25) is 0 Å². The average Bonchev–Trinajstić information content (AvgIpc) is 2.93. The van der Waals surface area contributed by atoms with Crippen LogP contribution in [0.25, 0.3) is 0 Å². The van der Waals surface area contributed by atoms with Crippen LogP contribution in [0.3, 0.4) is 0 Å². The van der Waals surface area contributed by atoms with Crippen molar-refractivity contribution in [1.82, 2.24) is 15.3 Å². The van der Waals surface area contributed by atoms with E-state index in [-0.39, 0.29) is 0 Å². The molecule has 0 atom stereocenters. The summed E-state index contributed by atoms with van der Waals surface area (Å²) < 4.78 is 11.6. The van der Waals surface area contributed by atoms with Crippen molar-refractivity contribution in [3.05, 3.63) is 30.1 Å². The fraction of sp³-hybridized carbons (Fsp3) is 0.474. The van der Waals surface area contributed by atoms with E-state index in [0.717, 1.165) is 81.1 Å². The lowest BCUT2D eigenvalue weighted by Crippen LogP contribution is -2.43. The average molecular weight is 368 g/mol. The van der Waals surface area contributed by atoms with Gasteiger partial charge in [0.15, 0.2) is 0 Å². The van der Waals surface area contributed by atoms with Crippen LogP contribution in [0.15, 0.2) is 24.5 Å². The van der Waals surface area contributed by atoms with E-state index in [4.69, 9.17) is 9.47 Å². The molecule has 1 aromatic carbocycles. The van der Waals surface area contributed by atoms with Crippen LogP contribution in [0.1, 0.15) is 5.56 Å². The van der Waals surface area contributed by atoms with Gasteiger partial charge in [-0.25, -0.2) is 9.97 Å². The summed E-state index contributed by atoms with van der Waals surface area (Å²) in [7, 11) is 0. The number of fused-ring (bicyclic) bond motifs is 2. The zero-order chi connectivity index (χ0) is 18.1. The van der Waals surface area contributed by atoms with E-state index in [0.29, 0.717) is 6.61 Å². The van der Waals surface area contributed by atoms with Gasteiger partial charge in [-0.15, -0.1) is 0 Å². The van der Waals surface area contributed by atoms with Gasteiger partial charge < -0.3 is 29.9 Å². The summed E-state index contributed by atoms with van der Waals surface area (Å²) in [4.78, 5) is 13.7. The Morgan fingerprint density at radius 3 is 2.67 bits per heavy atom. The molecule has 2 saturated heterocycles. The van der Waals surface area contributed by atoms with E-state index in [1.54, 1.807) is 6.33 Å². The molecule has 0 spiro atoms. The lowest BCUT2D eigenvalue weighted by atomic mass is 10.2. The van der Waals surface area contributed by atoms with Crippen molar-refractivity contribution in [2.75, 3.05) is 67.6 Å². The Kier molecular flexibility index (Phi) is 4.43. The largest absolute Gasteiger partial charge is 0.486 e. The minimum Gasteiger partial charge on any atom is -0.486 e. The molecule has 4 heterocycles. The summed E-state index contributed by atoms with van der Waals surface area (Å²) >= 11 is 0. The van der Waals surface area contributed by atoms with E-state index in [2.05, 4.69) is 42.5 Å². The molecule has 8 heteroatoms.